The first-order valence-electron chi connectivity index (χ1n) is 6.52. The van der Waals surface area contributed by atoms with E-state index in [4.69, 9.17) is 0 Å². The minimum absolute atomic E-state index is 0.0203. The third-order valence-electron chi connectivity index (χ3n) is 3.17. The normalized spacial score (nSPS) is 12.7. The molecule has 0 fully saturated rings. The predicted octanol–water partition coefficient (Wildman–Crippen LogP) is 2.87. The zero-order valence-electron chi connectivity index (χ0n) is 11.9. The number of nitrogens with one attached hydrogen (secondary N) is 1. The van der Waals surface area contributed by atoms with Crippen molar-refractivity contribution < 1.29 is 4.39 Å². The molecule has 19 heavy (non-hydrogen) atoms. The number of rotatable bonds is 4. The molecule has 0 saturated carbocycles. The molecule has 4 heteroatoms. The van der Waals surface area contributed by atoms with Crippen molar-refractivity contribution >= 4 is 0 Å². The molecule has 0 aliphatic carbocycles. The van der Waals surface area contributed by atoms with Gasteiger partial charge in [0.05, 0.1) is 11.7 Å². The van der Waals surface area contributed by atoms with E-state index in [0.29, 0.717) is 0 Å². The minimum Gasteiger partial charge on any atom is -0.306 e. The van der Waals surface area contributed by atoms with Crippen LogP contribution in [0.25, 0.3) is 0 Å². The van der Waals surface area contributed by atoms with Crippen molar-refractivity contribution in [3.8, 4) is 0 Å². The maximum Gasteiger partial charge on any atom is 0.123 e. The Balaban J connectivity index is 2.47. The van der Waals surface area contributed by atoms with Crippen LogP contribution in [0.2, 0.25) is 0 Å². The summed E-state index contributed by atoms with van der Waals surface area (Å²) in [5.41, 5.74) is 3.93. The highest BCUT2D eigenvalue weighted by molar-refractivity contribution is 5.35. The summed E-state index contributed by atoms with van der Waals surface area (Å²) in [6.07, 6.45) is 1.99. The SMILES string of the molecule is CCNC(c1cc(C)cc(F)c1)c1cn(C)nc1C. The Hall–Kier alpha value is -1.68. The van der Waals surface area contributed by atoms with Gasteiger partial charge in [-0.2, -0.15) is 5.10 Å². The summed E-state index contributed by atoms with van der Waals surface area (Å²) in [6, 6.07) is 5.13. The second-order valence-electron chi connectivity index (χ2n) is 4.90. The zero-order chi connectivity index (χ0) is 14.0. The first-order chi connectivity index (χ1) is 9.01. The van der Waals surface area contributed by atoms with Gasteiger partial charge >= 0.3 is 0 Å². The van der Waals surface area contributed by atoms with E-state index in [0.717, 1.165) is 28.9 Å². The van der Waals surface area contributed by atoms with E-state index in [2.05, 4.69) is 10.4 Å². The maximum absolute atomic E-state index is 13.6. The van der Waals surface area contributed by atoms with Crippen LogP contribution >= 0.6 is 0 Å². The Morgan fingerprint density at radius 1 is 1.32 bits per heavy atom. The van der Waals surface area contributed by atoms with E-state index >= 15 is 0 Å². The number of aromatic nitrogens is 2. The lowest BCUT2D eigenvalue weighted by molar-refractivity contribution is 0.600. The molecule has 1 unspecified atom stereocenters. The molecule has 1 N–H and O–H groups in total. The van der Waals surface area contributed by atoms with Crippen LogP contribution < -0.4 is 5.32 Å². The molecule has 3 nitrogen and oxygen atoms in total. The third-order valence-corrected chi connectivity index (χ3v) is 3.17. The van der Waals surface area contributed by atoms with Crippen LogP contribution in [0, 0.1) is 19.7 Å². The van der Waals surface area contributed by atoms with Crippen LogP contribution in [0.4, 0.5) is 4.39 Å². The smallest absolute Gasteiger partial charge is 0.123 e. The highest BCUT2D eigenvalue weighted by atomic mass is 19.1. The number of aryl methyl sites for hydroxylation is 3. The molecule has 102 valence electrons. The molecule has 2 aromatic rings. The number of nitrogens with zero attached hydrogens (tertiary/aromatic N) is 2. The fourth-order valence-corrected chi connectivity index (χ4v) is 2.44. The molecule has 0 aliphatic heterocycles. The van der Waals surface area contributed by atoms with Gasteiger partial charge in [-0.15, -0.1) is 0 Å². The van der Waals surface area contributed by atoms with Crippen LogP contribution in [0.5, 0.6) is 0 Å². The van der Waals surface area contributed by atoms with Gasteiger partial charge in [0.1, 0.15) is 5.82 Å². The second-order valence-corrected chi connectivity index (χ2v) is 4.90. The molecule has 1 heterocycles. The van der Waals surface area contributed by atoms with E-state index in [1.165, 1.54) is 0 Å². The summed E-state index contributed by atoms with van der Waals surface area (Å²) >= 11 is 0. The van der Waals surface area contributed by atoms with E-state index in [9.17, 15) is 4.39 Å². The lowest BCUT2D eigenvalue weighted by atomic mass is 9.97. The van der Waals surface area contributed by atoms with Crippen molar-refractivity contribution in [2.75, 3.05) is 6.54 Å². The standard InChI is InChI=1S/C15H20FN3/c1-5-17-15(14-9-19(4)18-11(14)3)12-6-10(2)7-13(16)8-12/h6-9,15,17H,5H2,1-4H3. The molecular formula is C15H20FN3. The van der Waals surface area contributed by atoms with E-state index < -0.39 is 0 Å². The quantitative estimate of drug-likeness (QED) is 0.917. The number of halogens is 1. The second kappa shape index (κ2) is 5.53. The zero-order valence-corrected chi connectivity index (χ0v) is 11.9. The molecule has 1 atom stereocenters. The maximum atomic E-state index is 13.6. The van der Waals surface area contributed by atoms with Crippen LogP contribution in [0.3, 0.4) is 0 Å². The van der Waals surface area contributed by atoms with Crippen molar-refractivity contribution in [3.63, 3.8) is 0 Å². The summed E-state index contributed by atoms with van der Waals surface area (Å²) in [5.74, 6) is -0.195. The van der Waals surface area contributed by atoms with Gasteiger partial charge in [0.25, 0.3) is 0 Å². The molecule has 2 rings (SSSR count). The Morgan fingerprint density at radius 2 is 2.05 bits per heavy atom. The Kier molecular flexibility index (Phi) is 4.00. The van der Waals surface area contributed by atoms with Gasteiger partial charge in [-0.25, -0.2) is 4.39 Å². The lowest BCUT2D eigenvalue weighted by Gasteiger charge is -2.18. The van der Waals surface area contributed by atoms with Crippen molar-refractivity contribution in [2.24, 2.45) is 7.05 Å². The molecule has 0 saturated heterocycles. The lowest BCUT2D eigenvalue weighted by Crippen LogP contribution is -2.22. The number of hydrogen-bond donors (Lipinski definition) is 1. The van der Waals surface area contributed by atoms with Gasteiger partial charge in [0, 0.05) is 18.8 Å². The molecule has 0 aliphatic rings. The van der Waals surface area contributed by atoms with Crippen molar-refractivity contribution in [1.82, 2.24) is 15.1 Å². The van der Waals surface area contributed by atoms with Crippen molar-refractivity contribution in [2.45, 2.75) is 26.8 Å². The van der Waals surface area contributed by atoms with E-state index in [1.54, 1.807) is 16.8 Å². The van der Waals surface area contributed by atoms with Gasteiger partial charge in [-0.3, -0.25) is 4.68 Å². The van der Waals surface area contributed by atoms with Gasteiger partial charge in [0.15, 0.2) is 0 Å². The third kappa shape index (κ3) is 3.01. The molecule has 0 spiro atoms. The Bertz CT molecular complexity index is 555. The summed E-state index contributed by atoms with van der Waals surface area (Å²) < 4.78 is 15.4. The largest absolute Gasteiger partial charge is 0.306 e. The molecule has 1 aromatic heterocycles. The molecular weight excluding hydrogens is 241 g/mol. The summed E-state index contributed by atoms with van der Waals surface area (Å²) in [4.78, 5) is 0. The fraction of sp³-hybridized carbons (Fsp3) is 0.400. The van der Waals surface area contributed by atoms with Gasteiger partial charge in [-0.1, -0.05) is 13.0 Å². The van der Waals surface area contributed by atoms with Crippen molar-refractivity contribution in [1.29, 1.82) is 0 Å². The van der Waals surface area contributed by atoms with Crippen LogP contribution in [-0.2, 0) is 7.05 Å². The van der Waals surface area contributed by atoms with Crippen LogP contribution in [0.15, 0.2) is 24.4 Å². The highest BCUT2D eigenvalue weighted by Gasteiger charge is 2.18. The molecule has 0 bridgehead atoms. The molecule has 0 radical (unpaired) electrons. The molecule has 1 aromatic carbocycles. The van der Waals surface area contributed by atoms with E-state index in [-0.39, 0.29) is 11.9 Å². The summed E-state index contributed by atoms with van der Waals surface area (Å²) in [5, 5.41) is 7.77. The van der Waals surface area contributed by atoms with Crippen LogP contribution in [0.1, 0.15) is 35.3 Å². The first-order valence-corrected chi connectivity index (χ1v) is 6.52. The fourth-order valence-electron chi connectivity index (χ4n) is 2.44. The van der Waals surface area contributed by atoms with Gasteiger partial charge < -0.3 is 5.32 Å². The Labute approximate surface area is 113 Å². The molecule has 0 amide bonds. The van der Waals surface area contributed by atoms with Gasteiger partial charge in [-0.05, 0) is 43.7 Å². The predicted molar refractivity (Wildman–Crippen MR) is 74.6 cm³/mol. The topological polar surface area (TPSA) is 29.9 Å². The Morgan fingerprint density at radius 3 is 2.58 bits per heavy atom. The monoisotopic (exact) mass is 261 g/mol. The van der Waals surface area contributed by atoms with Crippen LogP contribution in [-0.4, -0.2) is 16.3 Å². The highest BCUT2D eigenvalue weighted by Crippen LogP contribution is 2.25. The van der Waals surface area contributed by atoms with Crippen molar-refractivity contribution in [3.05, 3.63) is 52.6 Å². The number of benzene rings is 1. The number of hydrogen-bond acceptors (Lipinski definition) is 2. The van der Waals surface area contributed by atoms with E-state index in [1.807, 2.05) is 40.1 Å². The average Bonchev–Trinajstić information content (AvgIpc) is 2.64. The van der Waals surface area contributed by atoms with Gasteiger partial charge in [0.2, 0.25) is 0 Å². The summed E-state index contributed by atoms with van der Waals surface area (Å²) in [6.45, 7) is 6.75. The summed E-state index contributed by atoms with van der Waals surface area (Å²) in [7, 11) is 1.90. The average molecular weight is 261 g/mol. The first kappa shape index (κ1) is 13.7. The minimum atomic E-state index is -0.195.